The van der Waals surface area contributed by atoms with E-state index in [0.29, 0.717) is 18.4 Å². The van der Waals surface area contributed by atoms with Gasteiger partial charge in [-0.05, 0) is 31.7 Å². The number of fused-ring (bicyclic) bond motifs is 2. The summed E-state index contributed by atoms with van der Waals surface area (Å²) in [7, 11) is 0. The van der Waals surface area contributed by atoms with Gasteiger partial charge in [0.25, 0.3) is 0 Å². The van der Waals surface area contributed by atoms with Crippen molar-refractivity contribution in [3.05, 3.63) is 35.4 Å². The van der Waals surface area contributed by atoms with Crippen LogP contribution in [0.3, 0.4) is 0 Å². The molecule has 0 unspecified atom stereocenters. The smallest absolute Gasteiger partial charge is 0.339 e. The van der Waals surface area contributed by atoms with Gasteiger partial charge in [0.05, 0.1) is 5.56 Å². The molecule has 5 nitrogen and oxygen atoms in total. The van der Waals surface area contributed by atoms with Crippen molar-refractivity contribution in [3.8, 4) is 0 Å². The molecule has 1 aromatic rings. The zero-order chi connectivity index (χ0) is 13.7. The predicted molar refractivity (Wildman–Crippen MR) is 64.6 cm³/mol. The van der Waals surface area contributed by atoms with Gasteiger partial charge in [0.1, 0.15) is 5.60 Å². The Bertz CT molecular complexity index is 555. The summed E-state index contributed by atoms with van der Waals surface area (Å²) in [6, 6.07) is 7.16. The molecule has 1 fully saturated rings. The summed E-state index contributed by atoms with van der Waals surface area (Å²) in [4.78, 5) is 22.9. The van der Waals surface area contributed by atoms with Crippen LogP contribution >= 0.6 is 0 Å². The van der Waals surface area contributed by atoms with Crippen molar-refractivity contribution < 1.29 is 24.5 Å². The zero-order valence-electron chi connectivity index (χ0n) is 10.3. The molecule has 3 rings (SSSR count). The number of hydrogen-bond donors (Lipinski definition) is 2. The maximum atomic E-state index is 11.8. The van der Waals surface area contributed by atoms with E-state index in [1.165, 1.54) is 0 Å². The summed E-state index contributed by atoms with van der Waals surface area (Å²) < 4.78 is 5.49. The number of carbonyl (C=O) groups excluding carboxylic acids is 1. The van der Waals surface area contributed by atoms with Gasteiger partial charge in [0, 0.05) is 5.56 Å². The number of ether oxygens (including phenoxy) is 1. The first-order valence-corrected chi connectivity index (χ1v) is 6.26. The summed E-state index contributed by atoms with van der Waals surface area (Å²) in [6.45, 7) is 0. The van der Waals surface area contributed by atoms with Crippen molar-refractivity contribution in [2.45, 2.75) is 36.9 Å². The molecule has 0 radical (unpaired) electrons. The number of benzene rings is 1. The standard InChI is InChI=1S/C14H14O5/c15-11-9-3-1-2-4-10(9)14(19-11)7-5-13(18,6-8-14)12(16)17/h1-4,18H,5-8H2,(H,16,17). The molecular weight excluding hydrogens is 248 g/mol. The number of carboxylic acids is 1. The molecular formula is C14H14O5. The molecule has 0 bridgehead atoms. The van der Waals surface area contributed by atoms with Crippen LogP contribution in [0.15, 0.2) is 24.3 Å². The number of carboxylic acid groups (broad SMARTS) is 1. The van der Waals surface area contributed by atoms with Crippen molar-refractivity contribution in [1.82, 2.24) is 0 Å². The van der Waals surface area contributed by atoms with Crippen LogP contribution in [0.25, 0.3) is 0 Å². The van der Waals surface area contributed by atoms with Crippen molar-refractivity contribution in [1.29, 1.82) is 0 Å². The van der Waals surface area contributed by atoms with Gasteiger partial charge in [-0.1, -0.05) is 18.2 Å². The molecule has 0 atom stereocenters. The fraction of sp³-hybridized carbons (Fsp3) is 0.429. The molecule has 1 aromatic carbocycles. The van der Waals surface area contributed by atoms with E-state index in [9.17, 15) is 14.7 Å². The lowest BCUT2D eigenvalue weighted by molar-refractivity contribution is -0.168. The van der Waals surface area contributed by atoms with E-state index in [0.717, 1.165) is 5.56 Å². The normalized spacial score (nSPS) is 33.0. The number of esters is 1. The Balaban J connectivity index is 1.93. The van der Waals surface area contributed by atoms with Crippen molar-refractivity contribution >= 4 is 11.9 Å². The van der Waals surface area contributed by atoms with Gasteiger partial charge < -0.3 is 14.9 Å². The fourth-order valence-electron chi connectivity index (χ4n) is 3.00. The molecule has 1 aliphatic carbocycles. The Morgan fingerprint density at radius 1 is 1.16 bits per heavy atom. The molecule has 1 saturated carbocycles. The summed E-state index contributed by atoms with van der Waals surface area (Å²) >= 11 is 0. The Labute approximate surface area is 109 Å². The molecule has 2 N–H and O–H groups in total. The molecule has 2 aliphatic rings. The minimum atomic E-state index is -1.70. The molecule has 1 spiro atoms. The highest BCUT2D eigenvalue weighted by Crippen LogP contribution is 2.48. The van der Waals surface area contributed by atoms with Gasteiger partial charge in [-0.2, -0.15) is 0 Å². The van der Waals surface area contributed by atoms with E-state index in [4.69, 9.17) is 9.84 Å². The summed E-state index contributed by atoms with van der Waals surface area (Å²) in [6.07, 6.45) is 0.838. The highest BCUT2D eigenvalue weighted by molar-refractivity contribution is 5.94. The van der Waals surface area contributed by atoms with Crippen molar-refractivity contribution in [2.24, 2.45) is 0 Å². The maximum absolute atomic E-state index is 11.8. The van der Waals surface area contributed by atoms with Gasteiger partial charge in [0.2, 0.25) is 0 Å². The molecule has 100 valence electrons. The molecule has 1 aliphatic heterocycles. The van der Waals surface area contributed by atoms with E-state index in [1.807, 2.05) is 12.1 Å². The average Bonchev–Trinajstić information content (AvgIpc) is 2.68. The van der Waals surface area contributed by atoms with E-state index in [-0.39, 0.29) is 18.8 Å². The minimum Gasteiger partial charge on any atom is -0.479 e. The number of aliphatic carboxylic acids is 1. The second kappa shape index (κ2) is 3.81. The zero-order valence-corrected chi connectivity index (χ0v) is 10.3. The lowest BCUT2D eigenvalue weighted by atomic mass is 9.73. The molecule has 5 heteroatoms. The highest BCUT2D eigenvalue weighted by atomic mass is 16.6. The quantitative estimate of drug-likeness (QED) is 0.748. The van der Waals surface area contributed by atoms with Crippen LogP contribution in [0.4, 0.5) is 0 Å². The van der Waals surface area contributed by atoms with Gasteiger partial charge >= 0.3 is 11.9 Å². The second-order valence-corrected chi connectivity index (χ2v) is 5.27. The average molecular weight is 262 g/mol. The van der Waals surface area contributed by atoms with Crippen LogP contribution in [0, 0.1) is 0 Å². The topological polar surface area (TPSA) is 83.8 Å². The summed E-state index contributed by atoms with van der Waals surface area (Å²) in [5, 5.41) is 19.0. The second-order valence-electron chi connectivity index (χ2n) is 5.27. The monoisotopic (exact) mass is 262 g/mol. The highest BCUT2D eigenvalue weighted by Gasteiger charge is 2.52. The van der Waals surface area contributed by atoms with Crippen molar-refractivity contribution in [3.63, 3.8) is 0 Å². The Morgan fingerprint density at radius 3 is 2.42 bits per heavy atom. The van der Waals surface area contributed by atoms with Crippen LogP contribution in [0.2, 0.25) is 0 Å². The van der Waals surface area contributed by atoms with E-state index in [1.54, 1.807) is 12.1 Å². The van der Waals surface area contributed by atoms with Crippen molar-refractivity contribution in [2.75, 3.05) is 0 Å². The van der Waals surface area contributed by atoms with Crippen LogP contribution in [0.1, 0.15) is 41.6 Å². The molecule has 0 saturated heterocycles. The van der Waals surface area contributed by atoms with Gasteiger partial charge in [-0.25, -0.2) is 9.59 Å². The first-order valence-electron chi connectivity index (χ1n) is 6.26. The Kier molecular flexibility index (Phi) is 2.44. The lowest BCUT2D eigenvalue weighted by Crippen LogP contribution is -2.46. The van der Waals surface area contributed by atoms with Crippen LogP contribution < -0.4 is 0 Å². The number of rotatable bonds is 1. The number of aliphatic hydroxyl groups is 1. The first kappa shape index (κ1) is 12.2. The molecule has 0 amide bonds. The first-order chi connectivity index (χ1) is 8.97. The van der Waals surface area contributed by atoms with Crippen LogP contribution in [-0.2, 0) is 15.1 Å². The van der Waals surface area contributed by atoms with Crippen LogP contribution in [-0.4, -0.2) is 27.8 Å². The minimum absolute atomic E-state index is 0.0872. The SMILES string of the molecule is O=C1OC2(CCC(O)(C(=O)O)CC2)c2ccccc21. The molecule has 1 heterocycles. The summed E-state index contributed by atoms with van der Waals surface area (Å²) in [5.41, 5.74) is -1.10. The number of carbonyl (C=O) groups is 2. The van der Waals surface area contributed by atoms with Gasteiger partial charge in [0.15, 0.2) is 5.60 Å². The predicted octanol–water partition coefficient (Wildman–Crippen LogP) is 1.44. The van der Waals surface area contributed by atoms with Gasteiger partial charge in [-0.15, -0.1) is 0 Å². The number of hydrogen-bond acceptors (Lipinski definition) is 4. The Hall–Kier alpha value is -1.88. The van der Waals surface area contributed by atoms with E-state index in [2.05, 4.69) is 0 Å². The van der Waals surface area contributed by atoms with E-state index >= 15 is 0 Å². The molecule has 19 heavy (non-hydrogen) atoms. The largest absolute Gasteiger partial charge is 0.479 e. The van der Waals surface area contributed by atoms with Crippen LogP contribution in [0.5, 0.6) is 0 Å². The third-order valence-corrected chi connectivity index (χ3v) is 4.21. The lowest BCUT2D eigenvalue weighted by Gasteiger charge is -2.39. The van der Waals surface area contributed by atoms with Gasteiger partial charge in [-0.3, -0.25) is 0 Å². The maximum Gasteiger partial charge on any atom is 0.339 e. The third kappa shape index (κ3) is 1.65. The Morgan fingerprint density at radius 2 is 1.79 bits per heavy atom. The summed E-state index contributed by atoms with van der Waals surface area (Å²) in [5.74, 6) is -1.57. The fourth-order valence-corrected chi connectivity index (χ4v) is 3.00. The van der Waals surface area contributed by atoms with E-state index < -0.39 is 17.2 Å². The molecule has 0 aromatic heterocycles. The third-order valence-electron chi connectivity index (χ3n) is 4.21.